The van der Waals surface area contributed by atoms with Gasteiger partial charge >= 0.3 is 0 Å². The number of benzene rings is 2. The lowest BCUT2D eigenvalue weighted by Crippen LogP contribution is -2.53. The topological polar surface area (TPSA) is 40.6 Å². The molecule has 0 saturated carbocycles. The van der Waals surface area contributed by atoms with Crippen LogP contribution in [0.5, 0.6) is 0 Å². The Morgan fingerprint density at radius 2 is 1.48 bits per heavy atom. The van der Waals surface area contributed by atoms with Gasteiger partial charge in [-0.1, -0.05) is 42.5 Å². The molecular weight excluding hydrogens is 308 g/mol. The molecule has 2 aromatic rings. The van der Waals surface area contributed by atoms with Crippen LogP contribution in [0.1, 0.15) is 12.5 Å². The average Bonchev–Trinajstić information content (AvgIpc) is 2.57. The normalized spacial score (nSPS) is 15.6. The van der Waals surface area contributed by atoms with E-state index in [0.29, 0.717) is 5.57 Å². The molecule has 1 aliphatic rings. The van der Waals surface area contributed by atoms with E-state index in [4.69, 9.17) is 12.2 Å². The summed E-state index contributed by atoms with van der Waals surface area (Å²) in [5, 5.41) is 2.30. The molecule has 0 spiro atoms. The summed E-state index contributed by atoms with van der Waals surface area (Å²) in [5.41, 5.74) is 1.72. The Morgan fingerprint density at radius 1 is 0.913 bits per heavy atom. The summed E-state index contributed by atoms with van der Waals surface area (Å²) in [6.45, 7) is 1.81. The van der Waals surface area contributed by atoms with Crippen LogP contribution in [-0.4, -0.2) is 40.8 Å². The Morgan fingerprint density at radius 3 is 2.13 bits per heavy atom. The third kappa shape index (κ3) is 2.33. The summed E-state index contributed by atoms with van der Waals surface area (Å²) in [7, 11) is 3.17. The summed E-state index contributed by atoms with van der Waals surface area (Å²) < 4.78 is 0. The maximum Gasteiger partial charge on any atom is 0.265 e. The lowest BCUT2D eigenvalue weighted by molar-refractivity contribution is -0.132. The van der Waals surface area contributed by atoms with Gasteiger partial charge in [-0.15, -0.1) is 0 Å². The van der Waals surface area contributed by atoms with E-state index in [1.807, 2.05) is 49.4 Å². The number of hydrogen-bond acceptors (Lipinski definition) is 3. The second-order valence-corrected chi connectivity index (χ2v) is 5.90. The number of thiocarbonyl (C=S) groups is 1. The lowest BCUT2D eigenvalue weighted by atomic mass is 9.94. The summed E-state index contributed by atoms with van der Waals surface area (Å²) in [6, 6.07) is 13.8. The first-order chi connectivity index (χ1) is 10.9. The summed E-state index contributed by atoms with van der Waals surface area (Å²) in [6.07, 6.45) is 0. The molecular formula is C18H16N2O2S. The lowest BCUT2D eigenvalue weighted by Gasteiger charge is -2.32. The second kappa shape index (κ2) is 5.59. The number of rotatable bonds is 1. The van der Waals surface area contributed by atoms with E-state index in [1.54, 1.807) is 14.1 Å². The van der Waals surface area contributed by atoms with E-state index >= 15 is 0 Å². The van der Waals surface area contributed by atoms with E-state index in [2.05, 4.69) is 0 Å². The minimum atomic E-state index is -0.358. The zero-order valence-corrected chi connectivity index (χ0v) is 14.0. The SMILES string of the molecule is CC(=C1C(=O)N(C)C(=S)N(C)C1=O)c1cccc2ccccc12. The number of fused-ring (bicyclic) bond motifs is 1. The first-order valence-electron chi connectivity index (χ1n) is 7.22. The van der Waals surface area contributed by atoms with Crippen molar-refractivity contribution in [3.05, 3.63) is 53.6 Å². The van der Waals surface area contributed by atoms with Crippen molar-refractivity contribution in [2.24, 2.45) is 0 Å². The molecule has 0 aliphatic carbocycles. The van der Waals surface area contributed by atoms with Crippen LogP contribution in [0.25, 0.3) is 16.3 Å². The third-order valence-corrected chi connectivity index (χ3v) is 4.73. The van der Waals surface area contributed by atoms with Gasteiger partial charge in [-0.3, -0.25) is 19.4 Å². The fourth-order valence-electron chi connectivity index (χ4n) is 2.83. The third-order valence-electron chi connectivity index (χ3n) is 4.18. The highest BCUT2D eigenvalue weighted by atomic mass is 32.1. The first kappa shape index (κ1) is 15.4. The van der Waals surface area contributed by atoms with Gasteiger partial charge in [-0.25, -0.2) is 0 Å². The van der Waals surface area contributed by atoms with E-state index in [9.17, 15) is 9.59 Å². The molecule has 23 heavy (non-hydrogen) atoms. The van der Waals surface area contributed by atoms with Crippen molar-refractivity contribution in [3.63, 3.8) is 0 Å². The van der Waals surface area contributed by atoms with E-state index < -0.39 is 0 Å². The molecule has 1 fully saturated rings. The van der Waals surface area contributed by atoms with Crippen LogP contribution < -0.4 is 0 Å². The molecule has 0 bridgehead atoms. The molecule has 0 aromatic heterocycles. The molecule has 0 radical (unpaired) electrons. The van der Waals surface area contributed by atoms with Gasteiger partial charge in [0.05, 0.1) is 0 Å². The number of allylic oxidation sites excluding steroid dienone is 1. The molecule has 3 rings (SSSR count). The van der Waals surface area contributed by atoms with Gasteiger partial charge in [-0.05, 0) is 41.1 Å². The molecule has 0 N–H and O–H groups in total. The van der Waals surface area contributed by atoms with Crippen LogP contribution in [0.2, 0.25) is 0 Å². The number of likely N-dealkylation sites (N-methyl/N-ethyl adjacent to an activating group) is 2. The largest absolute Gasteiger partial charge is 0.288 e. The summed E-state index contributed by atoms with van der Waals surface area (Å²) in [4.78, 5) is 27.8. The number of carbonyl (C=O) groups excluding carboxylic acids is 2. The van der Waals surface area contributed by atoms with Crippen molar-refractivity contribution < 1.29 is 9.59 Å². The zero-order chi connectivity index (χ0) is 16.7. The number of amides is 2. The molecule has 1 heterocycles. The molecule has 116 valence electrons. The van der Waals surface area contributed by atoms with Gasteiger partial charge in [0.1, 0.15) is 5.57 Å². The van der Waals surface area contributed by atoms with Gasteiger partial charge in [0.2, 0.25) is 0 Å². The van der Waals surface area contributed by atoms with Crippen molar-refractivity contribution in [2.75, 3.05) is 14.1 Å². The smallest absolute Gasteiger partial charge is 0.265 e. The molecule has 0 unspecified atom stereocenters. The van der Waals surface area contributed by atoms with Crippen molar-refractivity contribution in [3.8, 4) is 0 Å². The first-order valence-corrected chi connectivity index (χ1v) is 7.63. The Hall–Kier alpha value is -2.53. The molecule has 4 nitrogen and oxygen atoms in total. The van der Waals surface area contributed by atoms with E-state index in [1.165, 1.54) is 9.80 Å². The van der Waals surface area contributed by atoms with E-state index in [0.717, 1.165) is 16.3 Å². The Kier molecular flexibility index (Phi) is 3.74. The predicted molar refractivity (Wildman–Crippen MR) is 94.7 cm³/mol. The highest BCUT2D eigenvalue weighted by Crippen LogP contribution is 2.29. The summed E-state index contributed by atoms with van der Waals surface area (Å²) >= 11 is 5.13. The minimum absolute atomic E-state index is 0.167. The van der Waals surface area contributed by atoms with Gasteiger partial charge in [0.15, 0.2) is 5.11 Å². The fraction of sp³-hybridized carbons (Fsp3) is 0.167. The van der Waals surface area contributed by atoms with Crippen LogP contribution >= 0.6 is 12.2 Å². The highest BCUT2D eigenvalue weighted by molar-refractivity contribution is 7.80. The maximum atomic E-state index is 12.6. The number of carbonyl (C=O) groups is 2. The zero-order valence-electron chi connectivity index (χ0n) is 13.2. The molecule has 2 aromatic carbocycles. The number of nitrogens with zero attached hydrogens (tertiary/aromatic N) is 2. The van der Waals surface area contributed by atoms with Crippen molar-refractivity contribution in [2.45, 2.75) is 6.92 Å². The van der Waals surface area contributed by atoms with Crippen LogP contribution in [0.4, 0.5) is 0 Å². The minimum Gasteiger partial charge on any atom is -0.288 e. The standard InChI is InChI=1S/C18H16N2O2S/c1-11(13-10-6-8-12-7-4-5-9-14(12)13)15-16(21)19(2)18(23)20(3)17(15)22/h4-10H,1-3H3. The predicted octanol–water partition coefficient (Wildman–Crippen LogP) is 2.83. The van der Waals surface area contributed by atoms with Gasteiger partial charge < -0.3 is 0 Å². The molecule has 5 heteroatoms. The maximum absolute atomic E-state index is 12.6. The average molecular weight is 324 g/mol. The molecule has 0 atom stereocenters. The Balaban J connectivity index is 2.25. The quantitative estimate of drug-likeness (QED) is 0.460. The fourth-order valence-corrected chi connectivity index (χ4v) is 3.00. The summed E-state index contributed by atoms with van der Waals surface area (Å²) in [5.74, 6) is -0.716. The Labute approximate surface area is 140 Å². The highest BCUT2D eigenvalue weighted by Gasteiger charge is 2.37. The van der Waals surface area contributed by atoms with Gasteiger partial charge in [-0.2, -0.15) is 0 Å². The van der Waals surface area contributed by atoms with Crippen LogP contribution in [0, 0.1) is 0 Å². The van der Waals surface area contributed by atoms with Gasteiger partial charge in [0.25, 0.3) is 11.8 Å². The van der Waals surface area contributed by atoms with Crippen LogP contribution in [0.15, 0.2) is 48.0 Å². The monoisotopic (exact) mass is 324 g/mol. The Bertz CT molecular complexity index is 854. The van der Waals surface area contributed by atoms with E-state index in [-0.39, 0.29) is 22.5 Å². The molecule has 2 amide bonds. The van der Waals surface area contributed by atoms with Gasteiger partial charge in [0, 0.05) is 14.1 Å². The van der Waals surface area contributed by atoms with Crippen LogP contribution in [0.3, 0.4) is 0 Å². The number of hydrogen-bond donors (Lipinski definition) is 0. The second-order valence-electron chi connectivity index (χ2n) is 5.54. The molecule has 1 saturated heterocycles. The van der Waals surface area contributed by atoms with Crippen molar-refractivity contribution >= 4 is 45.5 Å². The van der Waals surface area contributed by atoms with Crippen molar-refractivity contribution in [1.82, 2.24) is 9.80 Å². The van der Waals surface area contributed by atoms with Crippen LogP contribution in [-0.2, 0) is 9.59 Å². The molecule has 1 aliphatic heterocycles. The van der Waals surface area contributed by atoms with Crippen molar-refractivity contribution in [1.29, 1.82) is 0 Å².